The Hall–Kier alpha value is -2.82. The Morgan fingerprint density at radius 2 is 1.00 bits per heavy atom. The van der Waals surface area contributed by atoms with Crippen LogP contribution in [0.5, 0.6) is 0 Å². The van der Waals surface area contributed by atoms with Crippen molar-refractivity contribution in [2.24, 2.45) is 35.5 Å². The summed E-state index contributed by atoms with van der Waals surface area (Å²) in [6, 6.07) is 9.66. The molecule has 2 radical (unpaired) electrons. The van der Waals surface area contributed by atoms with Gasteiger partial charge in [-0.1, -0.05) is 105 Å². The zero-order valence-electron chi connectivity index (χ0n) is 41.4. The van der Waals surface area contributed by atoms with E-state index < -0.39 is 17.9 Å². The Kier molecular flexibility index (Phi) is 54.1. The smallest absolute Gasteiger partial charge is 0.346 e. The fourth-order valence-corrected chi connectivity index (χ4v) is 4.97. The Bertz CT molecular complexity index is 1580. The first kappa shape index (κ1) is 73.1. The second-order valence-corrected chi connectivity index (χ2v) is 15.0. The molecule has 0 spiro atoms. The van der Waals surface area contributed by atoms with Crippen LogP contribution in [0.4, 0.5) is 0 Å². The number of carbonyl (C=O) groups is 3. The molecule has 0 amide bonds. The number of esters is 3. The molecule has 3 heterocycles. The van der Waals surface area contributed by atoms with Gasteiger partial charge in [-0.15, -0.1) is 0 Å². The zero-order valence-corrected chi connectivity index (χ0v) is 47.8. The van der Waals surface area contributed by atoms with Crippen molar-refractivity contribution < 1.29 is 132 Å². The van der Waals surface area contributed by atoms with Crippen molar-refractivity contribution >= 4 is 42.5 Å². The summed E-state index contributed by atoms with van der Waals surface area (Å²) >= 11 is 5.18. The molecule has 6 rings (SSSR count). The van der Waals surface area contributed by atoms with Gasteiger partial charge in [0.05, 0.1) is 11.1 Å². The molecule has 67 heavy (non-hydrogen) atoms. The van der Waals surface area contributed by atoms with E-state index >= 15 is 0 Å². The second-order valence-electron chi connectivity index (χ2n) is 14.8. The van der Waals surface area contributed by atoms with Crippen LogP contribution in [0.25, 0.3) is 0 Å². The van der Waals surface area contributed by atoms with Gasteiger partial charge in [-0.05, 0) is 72.8 Å². The van der Waals surface area contributed by atoms with Crippen LogP contribution in [0, 0.1) is 42.9 Å². The number of halogens is 1. The van der Waals surface area contributed by atoms with Gasteiger partial charge in [0, 0.05) is 124 Å². The third kappa shape index (κ3) is 37.7. The minimum absolute atomic E-state index is 0. The van der Waals surface area contributed by atoms with Crippen molar-refractivity contribution in [3.05, 3.63) is 97.7 Å². The second kappa shape index (κ2) is 49.6. The predicted molar refractivity (Wildman–Crippen MR) is 247 cm³/mol. The first-order valence-corrected chi connectivity index (χ1v) is 21.6. The molecule has 3 aliphatic rings. The number of pyridine rings is 3. The molecule has 3 aliphatic carbocycles. The minimum Gasteiger partial charge on any atom is -0.653 e. The summed E-state index contributed by atoms with van der Waals surface area (Å²) in [5.41, 5.74) is 1.18. The molecule has 16 nitrogen and oxygen atoms in total. The molecule has 3 aromatic rings. The summed E-state index contributed by atoms with van der Waals surface area (Å²) in [6.45, 7) is 18.5. The summed E-state index contributed by atoms with van der Waals surface area (Å²) in [7, 11) is 3.88. The maximum atomic E-state index is 11.4. The molecule has 374 valence electrons. The van der Waals surface area contributed by atoms with Crippen LogP contribution in [-0.4, -0.2) is 93.5 Å². The summed E-state index contributed by atoms with van der Waals surface area (Å²) in [5.74, 6) is 4.81. The number of aliphatic hydroxyl groups excluding tert-OH is 1. The number of aliphatic hydroxyl groups is 1. The molecule has 0 aliphatic heterocycles. The number of aromatic nitrogens is 3. The van der Waals surface area contributed by atoms with Gasteiger partial charge < -0.3 is 55.3 Å². The summed E-state index contributed by atoms with van der Waals surface area (Å²) < 4.78 is 33.1. The van der Waals surface area contributed by atoms with Crippen molar-refractivity contribution in [2.75, 3.05) is 47.6 Å². The van der Waals surface area contributed by atoms with Crippen molar-refractivity contribution in [1.29, 1.82) is 0 Å². The third-order valence-corrected chi connectivity index (χ3v) is 10.4. The van der Waals surface area contributed by atoms with Crippen molar-refractivity contribution in [3.63, 3.8) is 0 Å². The molecule has 3 aromatic heterocycles. The third-order valence-electron chi connectivity index (χ3n) is 10.3. The average molecular weight is 1110 g/mol. The summed E-state index contributed by atoms with van der Waals surface area (Å²) in [4.78, 5) is 59.8. The Balaban J connectivity index is -0.000000228. The van der Waals surface area contributed by atoms with Gasteiger partial charge in [0.25, 0.3) is 6.73 Å². The summed E-state index contributed by atoms with van der Waals surface area (Å²) in [6.07, 6.45) is 18.0. The first-order chi connectivity index (χ1) is 30.8. The topological polar surface area (TPSA) is 200 Å². The van der Waals surface area contributed by atoms with E-state index in [9.17, 15) is 19.2 Å². The van der Waals surface area contributed by atoms with Crippen LogP contribution in [0.1, 0.15) is 118 Å². The molecule has 6 atom stereocenters. The van der Waals surface area contributed by atoms with Gasteiger partial charge in [-0.2, -0.15) is 4.57 Å². The van der Waals surface area contributed by atoms with E-state index in [1.165, 1.54) is 88.8 Å². The number of carbonyl (C=O) groups excluding carboxylic acids is 5. The predicted octanol–water partition coefficient (Wildman–Crippen LogP) is 8.35. The molecule has 0 saturated heterocycles. The molecule has 19 heteroatoms. The maximum Gasteiger partial charge on any atom is 0.346 e. The van der Waals surface area contributed by atoms with Crippen molar-refractivity contribution in [2.45, 2.75) is 93.7 Å². The number of nitrogens with zero attached hydrogens (tertiary/aromatic N) is 3. The van der Waals surface area contributed by atoms with E-state index in [4.69, 9.17) is 26.2 Å². The van der Waals surface area contributed by atoms with Crippen LogP contribution in [0.15, 0.2) is 73.6 Å². The van der Waals surface area contributed by atoms with Gasteiger partial charge in [0.15, 0.2) is 32.0 Å². The number of hydrogen-bond donors (Lipinski definition) is 1. The van der Waals surface area contributed by atoms with E-state index in [1.54, 1.807) is 61.9 Å². The van der Waals surface area contributed by atoms with Gasteiger partial charge >= 0.3 is 17.9 Å². The van der Waals surface area contributed by atoms with Crippen LogP contribution in [0.3, 0.4) is 0 Å². The van der Waals surface area contributed by atoms with E-state index in [0.29, 0.717) is 23.3 Å². The monoisotopic (exact) mass is 1110 g/mol. The largest absolute Gasteiger partial charge is 0.653 e. The standard InChI is InChI=1S/C10H11NO5.C8H9NO3.C7H6ClNO2.3C6H12.C3H5O2.CH4O.CH3.2Y/c1-14-8-16-10(13)9-3-2-4-11(5-9)6-15-7-12;1-11-6-12-8(10)7-3-2-4-9-5-7;8-5-11-7(10)6-2-1-3-9-4-6;3*1-5-3-4-6(5)2;1-2-5-3-4;1-2;;;/h2-5H,6,8H2,1H3;2-5H,6H2,1H3;1-4H,5H2;3*5-6H,3-4H2,1-2H3;2H2,1H3;2H,1H3;1H3;;/q;;;;;;-1;;-1;;. The molecular weight excluding hydrogens is 1040 g/mol. The first-order valence-electron chi connectivity index (χ1n) is 21.1. The number of rotatable bonds is 13. The molecule has 6 unspecified atom stereocenters. The normalized spacial score (nSPS) is 18.1. The van der Waals surface area contributed by atoms with Crippen LogP contribution in [0.2, 0.25) is 0 Å². The van der Waals surface area contributed by atoms with Crippen LogP contribution >= 0.6 is 11.6 Å². The average Bonchev–Trinajstić information content (AvgIpc) is 3.35. The van der Waals surface area contributed by atoms with Gasteiger partial charge in [-0.3, -0.25) is 9.97 Å². The van der Waals surface area contributed by atoms with Crippen molar-refractivity contribution in [3.8, 4) is 0 Å². The molecule has 0 aromatic carbocycles. The van der Waals surface area contributed by atoms with Crippen LogP contribution in [-0.2, 0) is 115 Å². The Morgan fingerprint density at radius 1 is 0.642 bits per heavy atom. The Labute approximate surface area is 455 Å². The molecule has 0 bridgehead atoms. The maximum absolute atomic E-state index is 11.4. The van der Waals surface area contributed by atoms with Crippen molar-refractivity contribution in [1.82, 2.24) is 9.97 Å². The van der Waals surface area contributed by atoms with E-state index in [-0.39, 0.29) is 99.2 Å². The quantitative estimate of drug-likeness (QED) is 0.0427. The number of ether oxygens (including phenoxy) is 7. The van der Waals surface area contributed by atoms with E-state index in [0.717, 1.165) is 42.6 Å². The molecular formula is C48H74ClN3O13Y2-2. The number of methoxy groups -OCH3 is 2. The molecule has 1 N–H and O–H groups in total. The SMILES string of the molecule is CC1CCC1C.CC1CCC1C.CC1CCC1C.CCO[C-]=O.CO.COCOC(=O)c1ccc[n+](CO[C-]=O)c1.COCOC(=O)c1cccnc1.O=C(OCCl)c1cccnc1.[CH3-].[Y].[Y]. The number of hydrogen-bond acceptors (Lipinski definition) is 15. The minimum atomic E-state index is -0.508. The van der Waals surface area contributed by atoms with Crippen LogP contribution < -0.4 is 4.57 Å². The van der Waals surface area contributed by atoms with E-state index in [2.05, 4.69) is 79.9 Å². The van der Waals surface area contributed by atoms with E-state index in [1.807, 2.05) is 0 Å². The molecule has 3 saturated carbocycles. The fraction of sp³-hybridized carbons (Fsp3) is 0.562. The van der Waals surface area contributed by atoms with Gasteiger partial charge in [0.2, 0.25) is 0 Å². The Morgan fingerprint density at radius 3 is 1.27 bits per heavy atom. The van der Waals surface area contributed by atoms with Gasteiger partial charge in [-0.25, -0.2) is 14.4 Å². The van der Waals surface area contributed by atoms with Gasteiger partial charge in [0.1, 0.15) is 5.56 Å². The molecule has 3 fully saturated rings. The fourth-order valence-electron chi connectivity index (χ4n) is 4.87. The summed E-state index contributed by atoms with van der Waals surface area (Å²) in [5, 5.41) is 7.00. The number of alkyl halides is 1. The zero-order chi connectivity index (χ0) is 48.5.